The van der Waals surface area contributed by atoms with Crippen molar-refractivity contribution in [2.75, 3.05) is 39.9 Å². The summed E-state index contributed by atoms with van der Waals surface area (Å²) in [5, 5.41) is 3.69. The van der Waals surface area contributed by atoms with Crippen molar-refractivity contribution in [1.29, 1.82) is 0 Å². The molecule has 0 amide bonds. The van der Waals surface area contributed by atoms with Gasteiger partial charge in [-0.3, -0.25) is 4.90 Å². The van der Waals surface area contributed by atoms with Crippen molar-refractivity contribution in [3.63, 3.8) is 0 Å². The monoisotopic (exact) mass is 284 g/mol. The van der Waals surface area contributed by atoms with E-state index in [1.807, 2.05) is 0 Å². The van der Waals surface area contributed by atoms with E-state index in [0.29, 0.717) is 11.5 Å². The van der Waals surface area contributed by atoms with Crippen LogP contribution in [0.15, 0.2) is 0 Å². The van der Waals surface area contributed by atoms with Gasteiger partial charge in [-0.1, -0.05) is 26.2 Å². The van der Waals surface area contributed by atoms with Gasteiger partial charge in [-0.15, -0.1) is 0 Å². The Bertz CT molecular complexity index is 237. The number of rotatable bonds is 10. The van der Waals surface area contributed by atoms with Crippen molar-refractivity contribution in [2.45, 2.75) is 65.3 Å². The van der Waals surface area contributed by atoms with Crippen molar-refractivity contribution in [2.24, 2.45) is 5.41 Å². The molecule has 3 heteroatoms. The summed E-state index contributed by atoms with van der Waals surface area (Å²) in [6.45, 7) is 12.3. The van der Waals surface area contributed by atoms with Crippen LogP contribution in [0.3, 0.4) is 0 Å². The van der Waals surface area contributed by atoms with E-state index in [1.165, 1.54) is 51.6 Å². The molecule has 1 aliphatic rings. The highest BCUT2D eigenvalue weighted by Crippen LogP contribution is 2.37. The van der Waals surface area contributed by atoms with Gasteiger partial charge in [0.1, 0.15) is 0 Å². The van der Waals surface area contributed by atoms with Crippen LogP contribution in [-0.2, 0) is 4.74 Å². The molecule has 0 aromatic carbocycles. The van der Waals surface area contributed by atoms with Crippen molar-refractivity contribution < 1.29 is 4.74 Å². The molecule has 0 bridgehead atoms. The Balaban J connectivity index is 2.60. The first-order valence-corrected chi connectivity index (χ1v) is 8.57. The highest BCUT2D eigenvalue weighted by molar-refractivity contribution is 4.88. The van der Waals surface area contributed by atoms with Gasteiger partial charge in [-0.2, -0.15) is 0 Å². The highest BCUT2D eigenvalue weighted by Gasteiger charge is 2.34. The van der Waals surface area contributed by atoms with Crippen LogP contribution >= 0.6 is 0 Å². The largest absolute Gasteiger partial charge is 0.383 e. The van der Waals surface area contributed by atoms with Crippen LogP contribution in [0.5, 0.6) is 0 Å². The molecule has 1 fully saturated rings. The highest BCUT2D eigenvalue weighted by atomic mass is 16.5. The van der Waals surface area contributed by atoms with Crippen molar-refractivity contribution in [1.82, 2.24) is 10.2 Å². The Morgan fingerprint density at radius 3 is 2.45 bits per heavy atom. The Morgan fingerprint density at radius 2 is 1.90 bits per heavy atom. The summed E-state index contributed by atoms with van der Waals surface area (Å²) in [6, 6.07) is 0.607. The van der Waals surface area contributed by atoms with Crippen molar-refractivity contribution >= 4 is 0 Å². The first kappa shape index (κ1) is 17.9. The molecule has 0 aromatic rings. The number of hydrogen-bond donors (Lipinski definition) is 1. The van der Waals surface area contributed by atoms with Gasteiger partial charge in [0.25, 0.3) is 0 Å². The second-order valence-corrected chi connectivity index (χ2v) is 6.79. The second kappa shape index (κ2) is 9.75. The summed E-state index contributed by atoms with van der Waals surface area (Å²) in [6.07, 6.45) is 8.25. The SMILES string of the molecule is CCCNCC1(CN(CCOC)C(C)C)CCCCC1. The van der Waals surface area contributed by atoms with Gasteiger partial charge in [-0.25, -0.2) is 0 Å². The Morgan fingerprint density at radius 1 is 1.20 bits per heavy atom. The van der Waals surface area contributed by atoms with Gasteiger partial charge >= 0.3 is 0 Å². The average molecular weight is 284 g/mol. The molecule has 0 unspecified atom stereocenters. The van der Waals surface area contributed by atoms with Gasteiger partial charge < -0.3 is 10.1 Å². The molecular weight excluding hydrogens is 248 g/mol. The average Bonchev–Trinajstić information content (AvgIpc) is 2.44. The lowest BCUT2D eigenvalue weighted by molar-refractivity contribution is 0.0614. The van der Waals surface area contributed by atoms with Gasteiger partial charge in [0.2, 0.25) is 0 Å². The number of methoxy groups -OCH3 is 1. The molecule has 0 aliphatic heterocycles. The molecular formula is C17H36N2O. The van der Waals surface area contributed by atoms with Crippen LogP contribution in [0.4, 0.5) is 0 Å². The predicted octanol–water partition coefficient (Wildman–Crippen LogP) is 3.29. The van der Waals surface area contributed by atoms with Gasteiger partial charge in [0, 0.05) is 32.8 Å². The zero-order valence-corrected chi connectivity index (χ0v) is 14.2. The third-order valence-electron chi connectivity index (χ3n) is 4.69. The van der Waals surface area contributed by atoms with E-state index in [1.54, 1.807) is 7.11 Å². The maximum absolute atomic E-state index is 5.29. The zero-order chi connectivity index (χ0) is 14.8. The van der Waals surface area contributed by atoms with E-state index in [0.717, 1.165) is 19.7 Å². The zero-order valence-electron chi connectivity index (χ0n) is 14.2. The molecule has 0 saturated heterocycles. The fraction of sp³-hybridized carbons (Fsp3) is 1.00. The van der Waals surface area contributed by atoms with Crippen molar-refractivity contribution in [3.8, 4) is 0 Å². The molecule has 0 radical (unpaired) electrons. The lowest BCUT2D eigenvalue weighted by atomic mass is 9.73. The minimum absolute atomic E-state index is 0.491. The third kappa shape index (κ3) is 6.11. The Hall–Kier alpha value is -0.120. The summed E-state index contributed by atoms with van der Waals surface area (Å²) in [4.78, 5) is 2.61. The van der Waals surface area contributed by atoms with Crippen molar-refractivity contribution in [3.05, 3.63) is 0 Å². The Labute approximate surface area is 126 Å². The van der Waals surface area contributed by atoms with Crippen LogP contribution in [-0.4, -0.2) is 50.8 Å². The van der Waals surface area contributed by atoms with Gasteiger partial charge in [0.05, 0.1) is 6.61 Å². The number of ether oxygens (including phenoxy) is 1. The number of nitrogens with zero attached hydrogens (tertiary/aromatic N) is 1. The van der Waals surface area contributed by atoms with Crippen LogP contribution in [0.1, 0.15) is 59.3 Å². The summed E-state index contributed by atoms with van der Waals surface area (Å²) in [5.74, 6) is 0. The minimum atomic E-state index is 0.491. The topological polar surface area (TPSA) is 24.5 Å². The van der Waals surface area contributed by atoms with Gasteiger partial charge in [-0.05, 0) is 45.1 Å². The fourth-order valence-corrected chi connectivity index (χ4v) is 3.38. The first-order chi connectivity index (χ1) is 9.63. The molecule has 1 N–H and O–H groups in total. The first-order valence-electron chi connectivity index (χ1n) is 8.57. The third-order valence-corrected chi connectivity index (χ3v) is 4.69. The lowest BCUT2D eigenvalue weighted by Crippen LogP contribution is -2.48. The van der Waals surface area contributed by atoms with Crippen LogP contribution in [0.25, 0.3) is 0 Å². The molecule has 20 heavy (non-hydrogen) atoms. The number of nitrogens with one attached hydrogen (secondary N) is 1. The van der Waals surface area contributed by atoms with E-state index < -0.39 is 0 Å². The normalized spacial score (nSPS) is 18.9. The Kier molecular flexibility index (Phi) is 8.74. The maximum Gasteiger partial charge on any atom is 0.0589 e. The van der Waals surface area contributed by atoms with E-state index in [-0.39, 0.29) is 0 Å². The maximum atomic E-state index is 5.29. The van der Waals surface area contributed by atoms with E-state index in [9.17, 15) is 0 Å². The predicted molar refractivity (Wildman–Crippen MR) is 87.3 cm³/mol. The molecule has 120 valence electrons. The quantitative estimate of drug-likeness (QED) is 0.623. The van der Waals surface area contributed by atoms with Crippen LogP contribution in [0.2, 0.25) is 0 Å². The van der Waals surface area contributed by atoms with E-state index in [4.69, 9.17) is 4.74 Å². The van der Waals surface area contributed by atoms with Crippen LogP contribution < -0.4 is 5.32 Å². The van der Waals surface area contributed by atoms with Gasteiger partial charge in [0.15, 0.2) is 0 Å². The summed E-state index contributed by atoms with van der Waals surface area (Å²) in [7, 11) is 1.80. The molecule has 0 heterocycles. The van der Waals surface area contributed by atoms with E-state index in [2.05, 4.69) is 31.0 Å². The molecule has 1 saturated carbocycles. The lowest BCUT2D eigenvalue weighted by Gasteiger charge is -2.43. The van der Waals surface area contributed by atoms with E-state index >= 15 is 0 Å². The molecule has 0 spiro atoms. The molecule has 3 nitrogen and oxygen atoms in total. The minimum Gasteiger partial charge on any atom is -0.383 e. The fourth-order valence-electron chi connectivity index (χ4n) is 3.38. The summed E-state index contributed by atoms with van der Waals surface area (Å²) >= 11 is 0. The summed E-state index contributed by atoms with van der Waals surface area (Å²) in [5.41, 5.74) is 0.491. The molecule has 0 atom stereocenters. The standard InChI is InChI=1S/C17H36N2O/c1-5-11-18-14-17(9-7-6-8-10-17)15-19(16(2)3)12-13-20-4/h16,18H,5-15H2,1-4H3. The van der Waals surface area contributed by atoms with Crippen LogP contribution in [0, 0.1) is 5.41 Å². The molecule has 1 aliphatic carbocycles. The second-order valence-electron chi connectivity index (χ2n) is 6.79. The summed E-state index contributed by atoms with van der Waals surface area (Å²) < 4.78 is 5.29. The smallest absolute Gasteiger partial charge is 0.0589 e. The number of hydrogen-bond acceptors (Lipinski definition) is 3. The molecule has 1 rings (SSSR count). The molecule has 0 aromatic heterocycles.